The summed E-state index contributed by atoms with van der Waals surface area (Å²) in [6, 6.07) is 2.61. The summed E-state index contributed by atoms with van der Waals surface area (Å²) in [5.41, 5.74) is 3.60. The van der Waals surface area contributed by atoms with Gasteiger partial charge in [0.15, 0.2) is 0 Å². The molecule has 2 N–H and O–H groups in total. The monoisotopic (exact) mass is 296 g/mol. The lowest BCUT2D eigenvalue weighted by Crippen LogP contribution is -2.30. The van der Waals surface area contributed by atoms with Gasteiger partial charge in [0.2, 0.25) is 10.0 Å². The van der Waals surface area contributed by atoms with E-state index in [4.69, 9.17) is 5.73 Å². The van der Waals surface area contributed by atoms with Gasteiger partial charge in [-0.1, -0.05) is 13.8 Å². The maximum atomic E-state index is 12.7. The molecule has 0 radical (unpaired) electrons. The van der Waals surface area contributed by atoms with Crippen LogP contribution in [0.25, 0.3) is 0 Å². The van der Waals surface area contributed by atoms with E-state index in [-0.39, 0.29) is 13.1 Å². The van der Waals surface area contributed by atoms with Gasteiger partial charge in [-0.05, 0) is 18.2 Å². The average Bonchev–Trinajstić information content (AvgIpc) is 2.28. The maximum absolute atomic E-state index is 12.7. The number of hydrogen-bond acceptors (Lipinski definition) is 3. The van der Waals surface area contributed by atoms with Gasteiger partial charge in [-0.15, -0.1) is 0 Å². The number of rotatable bonds is 4. The molecule has 0 heterocycles. The molecule has 1 aromatic rings. The van der Waals surface area contributed by atoms with Crippen LogP contribution in [0.15, 0.2) is 23.1 Å². The molecule has 4 nitrogen and oxygen atoms in total. The summed E-state index contributed by atoms with van der Waals surface area (Å²) < 4.78 is 63.4. The van der Waals surface area contributed by atoms with Crippen LogP contribution in [0.5, 0.6) is 0 Å². The first-order chi connectivity index (χ1) is 8.64. The highest BCUT2D eigenvalue weighted by Gasteiger charge is 2.34. The smallest absolute Gasteiger partial charge is 0.398 e. The standard InChI is InChI=1S/C11H15F3N2O2S/c1-3-16(4-2)19(17,18)8-5-6-10(15)9(7-8)11(12,13)14/h5-7H,3-4,15H2,1-2H3. The van der Waals surface area contributed by atoms with Gasteiger partial charge < -0.3 is 5.73 Å². The predicted molar refractivity (Wildman–Crippen MR) is 66.0 cm³/mol. The second-order valence-electron chi connectivity index (χ2n) is 3.84. The minimum atomic E-state index is -4.68. The van der Waals surface area contributed by atoms with E-state index in [0.29, 0.717) is 6.07 Å². The molecule has 0 fully saturated rings. The first kappa shape index (κ1) is 15.8. The molecule has 0 saturated heterocycles. The molecule has 108 valence electrons. The Hall–Kier alpha value is -1.28. The quantitative estimate of drug-likeness (QED) is 0.867. The molecule has 0 aliphatic heterocycles. The van der Waals surface area contributed by atoms with E-state index >= 15 is 0 Å². The Bertz CT molecular complexity index is 552. The van der Waals surface area contributed by atoms with Crippen LogP contribution in [0.1, 0.15) is 19.4 Å². The molecule has 0 spiro atoms. The molecule has 19 heavy (non-hydrogen) atoms. The fraction of sp³-hybridized carbons (Fsp3) is 0.455. The number of hydrogen-bond donors (Lipinski definition) is 1. The van der Waals surface area contributed by atoms with Crippen LogP contribution in [0.2, 0.25) is 0 Å². The summed E-state index contributed by atoms with van der Waals surface area (Å²) in [6.45, 7) is 3.60. The predicted octanol–water partition coefficient (Wildman–Crippen LogP) is 2.32. The minimum absolute atomic E-state index is 0.185. The van der Waals surface area contributed by atoms with Crippen LogP contribution in [0, 0.1) is 0 Å². The van der Waals surface area contributed by atoms with Gasteiger partial charge in [0.25, 0.3) is 0 Å². The number of nitrogens with zero attached hydrogens (tertiary/aromatic N) is 1. The van der Waals surface area contributed by atoms with E-state index in [2.05, 4.69) is 0 Å². The van der Waals surface area contributed by atoms with Gasteiger partial charge in [-0.25, -0.2) is 8.42 Å². The number of nitrogen functional groups attached to an aromatic ring is 1. The van der Waals surface area contributed by atoms with Crippen LogP contribution in [-0.2, 0) is 16.2 Å². The molecule has 0 amide bonds. The van der Waals surface area contributed by atoms with Crippen molar-refractivity contribution in [2.24, 2.45) is 0 Å². The first-order valence-electron chi connectivity index (χ1n) is 5.61. The minimum Gasteiger partial charge on any atom is -0.398 e. The van der Waals surface area contributed by atoms with Crippen molar-refractivity contribution in [1.82, 2.24) is 4.31 Å². The molecule has 0 aliphatic carbocycles. The second kappa shape index (κ2) is 5.38. The molecule has 1 rings (SSSR count). The lowest BCUT2D eigenvalue weighted by Gasteiger charge is -2.19. The normalized spacial score (nSPS) is 12.9. The Labute approximate surface area is 110 Å². The third kappa shape index (κ3) is 3.19. The number of nitrogens with two attached hydrogens (primary N) is 1. The largest absolute Gasteiger partial charge is 0.418 e. The summed E-state index contributed by atoms with van der Waals surface area (Å²) in [7, 11) is -3.92. The number of benzene rings is 1. The Kier molecular flexibility index (Phi) is 4.46. The van der Waals surface area contributed by atoms with Crippen molar-refractivity contribution in [3.8, 4) is 0 Å². The molecular formula is C11H15F3N2O2S. The zero-order valence-corrected chi connectivity index (χ0v) is 11.3. The van der Waals surface area contributed by atoms with Crippen LogP contribution < -0.4 is 5.73 Å². The molecule has 0 atom stereocenters. The van der Waals surface area contributed by atoms with E-state index < -0.39 is 32.3 Å². The Morgan fingerprint density at radius 2 is 1.74 bits per heavy atom. The summed E-state index contributed by atoms with van der Waals surface area (Å²) >= 11 is 0. The van der Waals surface area contributed by atoms with Crippen molar-refractivity contribution in [2.75, 3.05) is 18.8 Å². The van der Waals surface area contributed by atoms with Crippen LogP contribution >= 0.6 is 0 Å². The molecular weight excluding hydrogens is 281 g/mol. The highest BCUT2D eigenvalue weighted by atomic mass is 32.2. The van der Waals surface area contributed by atoms with Crippen molar-refractivity contribution < 1.29 is 21.6 Å². The van der Waals surface area contributed by atoms with Crippen LogP contribution in [0.3, 0.4) is 0 Å². The fourth-order valence-corrected chi connectivity index (χ4v) is 3.14. The fourth-order valence-electron chi connectivity index (χ4n) is 1.65. The highest BCUT2D eigenvalue weighted by molar-refractivity contribution is 7.89. The van der Waals surface area contributed by atoms with Crippen LogP contribution in [0.4, 0.5) is 18.9 Å². The number of halogens is 3. The van der Waals surface area contributed by atoms with Gasteiger partial charge in [0, 0.05) is 18.8 Å². The maximum Gasteiger partial charge on any atom is 0.418 e. The summed E-state index contributed by atoms with van der Waals surface area (Å²) in [5, 5.41) is 0. The zero-order valence-electron chi connectivity index (χ0n) is 10.5. The number of alkyl halides is 3. The van der Waals surface area contributed by atoms with Crippen molar-refractivity contribution in [2.45, 2.75) is 24.9 Å². The number of sulfonamides is 1. The van der Waals surface area contributed by atoms with E-state index in [9.17, 15) is 21.6 Å². The third-order valence-corrected chi connectivity index (χ3v) is 4.72. The lowest BCUT2D eigenvalue weighted by molar-refractivity contribution is -0.137. The van der Waals surface area contributed by atoms with E-state index in [1.807, 2.05) is 0 Å². The molecule has 0 saturated carbocycles. The molecule has 0 bridgehead atoms. The van der Waals surface area contributed by atoms with E-state index in [1.165, 1.54) is 0 Å². The molecule has 1 aromatic carbocycles. The van der Waals surface area contributed by atoms with Crippen molar-refractivity contribution in [3.63, 3.8) is 0 Å². The van der Waals surface area contributed by atoms with Gasteiger partial charge >= 0.3 is 6.18 Å². The first-order valence-corrected chi connectivity index (χ1v) is 7.05. The molecule has 0 aromatic heterocycles. The Morgan fingerprint density at radius 3 is 2.16 bits per heavy atom. The summed E-state index contributed by atoms with van der Waals surface area (Å²) in [4.78, 5) is -0.405. The van der Waals surface area contributed by atoms with E-state index in [0.717, 1.165) is 16.4 Å². The van der Waals surface area contributed by atoms with Crippen LogP contribution in [-0.4, -0.2) is 25.8 Å². The zero-order chi connectivity index (χ0) is 14.8. The third-order valence-electron chi connectivity index (χ3n) is 2.67. The van der Waals surface area contributed by atoms with Gasteiger partial charge in [0.1, 0.15) is 0 Å². The molecule has 0 aliphatic rings. The highest BCUT2D eigenvalue weighted by Crippen LogP contribution is 2.35. The molecule has 8 heteroatoms. The summed E-state index contributed by atoms with van der Waals surface area (Å²) in [6.07, 6.45) is -4.68. The topological polar surface area (TPSA) is 63.4 Å². The van der Waals surface area contributed by atoms with Gasteiger partial charge in [-0.2, -0.15) is 17.5 Å². The lowest BCUT2D eigenvalue weighted by atomic mass is 10.2. The van der Waals surface area contributed by atoms with Gasteiger partial charge in [-0.3, -0.25) is 0 Å². The van der Waals surface area contributed by atoms with Crippen molar-refractivity contribution in [3.05, 3.63) is 23.8 Å². The second-order valence-corrected chi connectivity index (χ2v) is 5.77. The number of anilines is 1. The molecule has 0 unspecified atom stereocenters. The van der Waals surface area contributed by atoms with Gasteiger partial charge in [0.05, 0.1) is 10.5 Å². The summed E-state index contributed by atoms with van der Waals surface area (Å²) in [5.74, 6) is 0. The van der Waals surface area contributed by atoms with Crippen molar-refractivity contribution in [1.29, 1.82) is 0 Å². The van der Waals surface area contributed by atoms with Crippen molar-refractivity contribution >= 4 is 15.7 Å². The average molecular weight is 296 g/mol. The Balaban J connectivity index is 3.38. The van der Waals surface area contributed by atoms with E-state index in [1.54, 1.807) is 13.8 Å². The SMILES string of the molecule is CCN(CC)S(=O)(=O)c1ccc(N)c(C(F)(F)F)c1. The Morgan fingerprint density at radius 1 is 1.21 bits per heavy atom.